The van der Waals surface area contributed by atoms with Crippen molar-refractivity contribution in [2.45, 2.75) is 0 Å². The first-order valence-corrected chi connectivity index (χ1v) is 16.0. The molecule has 0 saturated carbocycles. The second-order valence-electron chi connectivity index (χ2n) is 11.1. The molecule has 0 aliphatic carbocycles. The van der Waals surface area contributed by atoms with Crippen LogP contribution in [0.25, 0.3) is 54.9 Å². The van der Waals surface area contributed by atoms with Crippen LogP contribution in [-0.4, -0.2) is 39.4 Å². The molecule has 0 atom stereocenters. The number of para-hydroxylation sites is 2. The minimum atomic E-state index is -0.205. The molecule has 1 saturated heterocycles. The second kappa shape index (κ2) is 13.3. The summed E-state index contributed by atoms with van der Waals surface area (Å²) in [6, 6.07) is 41.7. The van der Waals surface area contributed by atoms with Crippen molar-refractivity contribution < 1.29 is 9.31 Å². The number of halogens is 1. The molecule has 226 valence electrons. The van der Waals surface area contributed by atoms with Crippen molar-refractivity contribution >= 4 is 72.1 Å². The van der Waals surface area contributed by atoms with Crippen LogP contribution in [0.1, 0.15) is 0 Å². The summed E-state index contributed by atoms with van der Waals surface area (Å²) in [6.07, 6.45) is 3.58. The Morgan fingerprint density at radius 1 is 0.565 bits per heavy atom. The summed E-state index contributed by atoms with van der Waals surface area (Å²) >= 11 is 3.20. The molecule has 0 amide bonds. The summed E-state index contributed by atoms with van der Waals surface area (Å²) in [4.78, 5) is 8.33. The van der Waals surface area contributed by atoms with Crippen LogP contribution in [0.5, 0.6) is 0 Å². The molecule has 46 heavy (non-hydrogen) atoms. The maximum Gasteiger partial charge on any atom is 0.494 e. The van der Waals surface area contributed by atoms with Crippen molar-refractivity contribution in [3.63, 3.8) is 0 Å². The molecule has 1 fully saturated rings. The normalized spacial score (nSPS) is 12.7. The van der Waals surface area contributed by atoms with E-state index in [0.717, 1.165) is 21.3 Å². The molecule has 1 aliphatic rings. The van der Waals surface area contributed by atoms with Crippen molar-refractivity contribution in [3.8, 4) is 11.3 Å². The van der Waals surface area contributed by atoms with Gasteiger partial charge in [0.2, 0.25) is 0 Å². The van der Waals surface area contributed by atoms with Crippen molar-refractivity contribution in [1.29, 1.82) is 0 Å². The maximum atomic E-state index is 5.58. The Hall–Kier alpha value is -4.76. The third-order valence-corrected chi connectivity index (χ3v) is 8.80. The van der Waals surface area contributed by atoms with Gasteiger partial charge >= 0.3 is 7.12 Å². The lowest BCUT2D eigenvalue weighted by Crippen LogP contribution is -2.31. The predicted octanol–water partition coefficient (Wildman–Crippen LogP) is 8.31. The van der Waals surface area contributed by atoms with Gasteiger partial charge in [-0.25, -0.2) is 4.98 Å². The van der Waals surface area contributed by atoms with E-state index in [4.69, 9.17) is 9.31 Å². The number of pyridine rings is 2. The Labute approximate surface area is 276 Å². The smallest absolute Gasteiger partial charge is 0.405 e. The van der Waals surface area contributed by atoms with E-state index in [9.17, 15) is 0 Å². The zero-order valence-corrected chi connectivity index (χ0v) is 27.3. The van der Waals surface area contributed by atoms with Crippen LogP contribution in [0, 0.1) is 0 Å². The molecule has 4 aromatic heterocycles. The number of rotatable bonds is 2. The standard InChI is InChI=1S/C18H14N2.C15H14BNO2.C5H4BrN/c1-20-17-8-3-2-6-14(17)15-12-13(9-10-18(15)20)16-7-4-5-11-19-16;1-17-14-5-3-2-4-12(14)13-10-11(6-7-15(13)17)16-18-8-9-19-16;6-5-3-1-2-4-7-5/h2-12H,1H3;2-7,10H,8-9H2,1H3;1-4H. The molecule has 8 aromatic rings. The van der Waals surface area contributed by atoms with Crippen LogP contribution in [0.4, 0.5) is 0 Å². The fourth-order valence-electron chi connectivity index (χ4n) is 6.09. The van der Waals surface area contributed by atoms with E-state index in [1.54, 1.807) is 6.20 Å². The highest BCUT2D eigenvalue weighted by Crippen LogP contribution is 2.31. The number of benzene rings is 4. The van der Waals surface area contributed by atoms with Gasteiger partial charge in [0.15, 0.2) is 0 Å². The minimum absolute atomic E-state index is 0.205. The van der Waals surface area contributed by atoms with E-state index in [1.165, 1.54) is 43.6 Å². The van der Waals surface area contributed by atoms with E-state index >= 15 is 0 Å². The average Bonchev–Trinajstić information content (AvgIpc) is 3.83. The molecule has 8 heteroatoms. The fraction of sp³-hybridized carbons (Fsp3) is 0.105. The third-order valence-electron chi connectivity index (χ3n) is 8.33. The predicted molar refractivity (Wildman–Crippen MR) is 193 cm³/mol. The fourth-order valence-corrected chi connectivity index (χ4v) is 6.36. The van der Waals surface area contributed by atoms with Crippen molar-refractivity contribution in [1.82, 2.24) is 19.1 Å². The van der Waals surface area contributed by atoms with Gasteiger partial charge < -0.3 is 18.4 Å². The molecule has 0 radical (unpaired) electrons. The lowest BCUT2D eigenvalue weighted by Gasteiger charge is -2.04. The van der Waals surface area contributed by atoms with Gasteiger partial charge in [-0.1, -0.05) is 66.7 Å². The highest BCUT2D eigenvalue weighted by atomic mass is 79.9. The Kier molecular flexibility index (Phi) is 8.66. The maximum absolute atomic E-state index is 5.58. The largest absolute Gasteiger partial charge is 0.494 e. The van der Waals surface area contributed by atoms with Gasteiger partial charge in [0.25, 0.3) is 0 Å². The van der Waals surface area contributed by atoms with Crippen LogP contribution in [0.15, 0.2) is 138 Å². The monoisotopic (exact) mass is 666 g/mol. The van der Waals surface area contributed by atoms with Crippen LogP contribution in [0.2, 0.25) is 0 Å². The summed E-state index contributed by atoms with van der Waals surface area (Å²) in [6.45, 7) is 1.36. The molecular formula is C38H32BBrN4O2. The number of nitrogens with zero attached hydrogens (tertiary/aromatic N) is 4. The first-order valence-electron chi connectivity index (χ1n) is 15.2. The number of aryl methyl sites for hydroxylation is 2. The van der Waals surface area contributed by atoms with Gasteiger partial charge in [-0.3, -0.25) is 4.98 Å². The molecule has 0 bridgehead atoms. The second-order valence-corrected chi connectivity index (χ2v) is 11.9. The van der Waals surface area contributed by atoms with Gasteiger partial charge in [0.05, 0.1) is 18.9 Å². The minimum Gasteiger partial charge on any atom is -0.405 e. The van der Waals surface area contributed by atoms with Crippen molar-refractivity contribution in [2.75, 3.05) is 13.2 Å². The first kappa shape index (κ1) is 29.9. The number of hydrogen-bond acceptors (Lipinski definition) is 4. The molecular weight excluding hydrogens is 635 g/mol. The summed E-state index contributed by atoms with van der Waals surface area (Å²) in [5.41, 5.74) is 8.29. The first-order chi connectivity index (χ1) is 22.6. The molecule has 1 aliphatic heterocycles. The Morgan fingerprint density at radius 3 is 1.67 bits per heavy atom. The quantitative estimate of drug-likeness (QED) is 0.138. The van der Waals surface area contributed by atoms with E-state index in [-0.39, 0.29) is 7.12 Å². The number of hydrogen-bond donors (Lipinski definition) is 0. The molecule has 4 aromatic carbocycles. The van der Waals surface area contributed by atoms with E-state index in [0.29, 0.717) is 13.2 Å². The highest BCUT2D eigenvalue weighted by molar-refractivity contribution is 9.10. The zero-order chi connectivity index (χ0) is 31.5. The third kappa shape index (κ3) is 5.95. The van der Waals surface area contributed by atoms with Crippen LogP contribution in [-0.2, 0) is 23.4 Å². The SMILES string of the molecule is Brc1ccccn1.Cn1c2ccccc2c2cc(-c3ccccn3)ccc21.Cn1c2ccccc2c2cc(B3OCCO3)ccc21. The van der Waals surface area contributed by atoms with Crippen molar-refractivity contribution in [3.05, 3.63) is 138 Å². The Balaban J connectivity index is 0.000000122. The summed E-state index contributed by atoms with van der Waals surface area (Å²) in [5.74, 6) is 0. The zero-order valence-electron chi connectivity index (χ0n) is 25.7. The topological polar surface area (TPSA) is 54.1 Å². The van der Waals surface area contributed by atoms with Gasteiger partial charge in [-0.15, -0.1) is 0 Å². The van der Waals surface area contributed by atoms with Crippen LogP contribution >= 0.6 is 15.9 Å². The summed E-state index contributed by atoms with van der Waals surface area (Å²) in [7, 11) is 4.02. The molecule has 0 N–H and O–H groups in total. The number of fused-ring (bicyclic) bond motifs is 6. The molecule has 9 rings (SSSR count). The van der Waals surface area contributed by atoms with Gasteiger partial charge in [0, 0.05) is 75.7 Å². The van der Waals surface area contributed by atoms with Crippen LogP contribution in [0.3, 0.4) is 0 Å². The van der Waals surface area contributed by atoms with Crippen molar-refractivity contribution in [2.24, 2.45) is 14.1 Å². The summed E-state index contributed by atoms with van der Waals surface area (Å²) in [5, 5.41) is 5.11. The lowest BCUT2D eigenvalue weighted by atomic mass is 9.79. The summed E-state index contributed by atoms with van der Waals surface area (Å²) < 4.78 is 16.5. The van der Waals surface area contributed by atoms with Gasteiger partial charge in [-0.05, 0) is 76.0 Å². The average molecular weight is 667 g/mol. The van der Waals surface area contributed by atoms with Gasteiger partial charge in [0.1, 0.15) is 4.60 Å². The highest BCUT2D eigenvalue weighted by Gasteiger charge is 2.26. The number of aromatic nitrogens is 4. The molecule has 6 nitrogen and oxygen atoms in total. The Morgan fingerprint density at radius 2 is 1.11 bits per heavy atom. The van der Waals surface area contributed by atoms with E-state index in [1.807, 2.05) is 42.6 Å². The van der Waals surface area contributed by atoms with Crippen LogP contribution < -0.4 is 5.46 Å². The molecule has 0 unspecified atom stereocenters. The van der Waals surface area contributed by atoms with E-state index < -0.39 is 0 Å². The lowest BCUT2D eigenvalue weighted by molar-refractivity contribution is 0.365. The Bertz CT molecular complexity index is 2260. The van der Waals surface area contributed by atoms with E-state index in [2.05, 4.69) is 134 Å². The molecule has 5 heterocycles. The van der Waals surface area contributed by atoms with Gasteiger partial charge in [-0.2, -0.15) is 0 Å². The molecule has 0 spiro atoms.